The first kappa shape index (κ1) is 13.4. The summed E-state index contributed by atoms with van der Waals surface area (Å²) >= 11 is 0. The Morgan fingerprint density at radius 1 is 1.18 bits per heavy atom. The second kappa shape index (κ2) is 5.71. The second-order valence-corrected chi connectivity index (χ2v) is 6.33. The van der Waals surface area contributed by atoms with Crippen molar-refractivity contribution in [1.29, 1.82) is 0 Å². The Morgan fingerprint density at radius 3 is 2.29 bits per heavy atom. The largest absolute Gasteiger partial charge is 0.312 e. The lowest BCUT2D eigenvalue weighted by Crippen LogP contribution is -2.46. The molecule has 0 bridgehead atoms. The normalized spacial score (nSPS) is 34.1. The van der Waals surface area contributed by atoms with Crippen LogP contribution in [0.5, 0.6) is 0 Å². The van der Waals surface area contributed by atoms with Crippen molar-refractivity contribution in [2.75, 3.05) is 26.2 Å². The highest BCUT2D eigenvalue weighted by molar-refractivity contribution is 4.88. The van der Waals surface area contributed by atoms with Crippen molar-refractivity contribution in [3.05, 3.63) is 0 Å². The average Bonchev–Trinajstić information content (AvgIpc) is 2.77. The van der Waals surface area contributed by atoms with E-state index in [1.807, 2.05) is 0 Å². The zero-order chi connectivity index (χ0) is 12.3. The number of nitrogens with zero attached hydrogens (tertiary/aromatic N) is 1. The monoisotopic (exact) mass is 238 g/mol. The zero-order valence-electron chi connectivity index (χ0n) is 12.0. The molecule has 0 spiro atoms. The third-order valence-corrected chi connectivity index (χ3v) is 5.56. The Labute approximate surface area is 107 Å². The van der Waals surface area contributed by atoms with Crippen LogP contribution in [0.1, 0.15) is 52.9 Å². The summed E-state index contributed by atoms with van der Waals surface area (Å²) in [7, 11) is 0. The minimum Gasteiger partial charge on any atom is -0.312 e. The van der Waals surface area contributed by atoms with Crippen LogP contribution in [0.25, 0.3) is 0 Å². The molecule has 0 saturated carbocycles. The molecule has 1 N–H and O–H groups in total. The molecule has 0 aliphatic carbocycles. The standard InChI is InChI=1S/C15H30N2/c1-4-15(5-2)7-10-17(11-8-15)12-14-13(3)6-9-16-14/h13-14,16H,4-12H2,1-3H3. The van der Waals surface area contributed by atoms with Gasteiger partial charge in [0.25, 0.3) is 0 Å². The van der Waals surface area contributed by atoms with Crippen molar-refractivity contribution in [3.8, 4) is 0 Å². The molecular weight excluding hydrogens is 208 g/mol. The third kappa shape index (κ3) is 3.03. The van der Waals surface area contributed by atoms with Gasteiger partial charge in [-0.15, -0.1) is 0 Å². The lowest BCUT2D eigenvalue weighted by molar-refractivity contribution is 0.0870. The van der Waals surface area contributed by atoms with E-state index in [2.05, 4.69) is 31.0 Å². The number of nitrogens with one attached hydrogen (secondary N) is 1. The summed E-state index contributed by atoms with van der Waals surface area (Å²) in [5, 5.41) is 3.66. The molecule has 0 aromatic rings. The molecule has 2 atom stereocenters. The van der Waals surface area contributed by atoms with Gasteiger partial charge in [0.15, 0.2) is 0 Å². The fourth-order valence-electron chi connectivity index (χ4n) is 3.59. The quantitative estimate of drug-likeness (QED) is 0.810. The summed E-state index contributed by atoms with van der Waals surface area (Å²) in [6, 6.07) is 0.755. The first-order chi connectivity index (χ1) is 8.19. The van der Waals surface area contributed by atoms with Crippen LogP contribution in [-0.4, -0.2) is 37.1 Å². The topological polar surface area (TPSA) is 15.3 Å². The maximum Gasteiger partial charge on any atom is 0.0221 e. The van der Waals surface area contributed by atoms with Crippen LogP contribution in [0.2, 0.25) is 0 Å². The number of piperidine rings is 1. The molecule has 0 amide bonds. The molecule has 2 aliphatic heterocycles. The Hall–Kier alpha value is -0.0800. The molecule has 0 aromatic heterocycles. The molecule has 100 valence electrons. The Morgan fingerprint density at radius 2 is 1.82 bits per heavy atom. The lowest BCUT2D eigenvalue weighted by atomic mass is 9.74. The summed E-state index contributed by atoms with van der Waals surface area (Å²) < 4.78 is 0. The summed E-state index contributed by atoms with van der Waals surface area (Å²) in [5.41, 5.74) is 0.672. The van der Waals surface area contributed by atoms with E-state index in [0.717, 1.165) is 12.0 Å². The van der Waals surface area contributed by atoms with Crippen LogP contribution in [0.4, 0.5) is 0 Å². The summed E-state index contributed by atoms with van der Waals surface area (Å²) in [5.74, 6) is 0.874. The zero-order valence-corrected chi connectivity index (χ0v) is 12.0. The first-order valence-corrected chi connectivity index (χ1v) is 7.65. The SMILES string of the molecule is CCC1(CC)CCN(CC2NCCC2C)CC1. The maximum atomic E-state index is 3.66. The van der Waals surface area contributed by atoms with Gasteiger partial charge in [-0.1, -0.05) is 33.6 Å². The molecule has 2 rings (SSSR count). The number of hydrogen-bond acceptors (Lipinski definition) is 2. The van der Waals surface area contributed by atoms with Gasteiger partial charge in [-0.3, -0.25) is 0 Å². The molecule has 2 aliphatic rings. The highest BCUT2D eigenvalue weighted by atomic mass is 15.2. The first-order valence-electron chi connectivity index (χ1n) is 7.65. The number of hydrogen-bond donors (Lipinski definition) is 1. The molecule has 17 heavy (non-hydrogen) atoms. The van der Waals surface area contributed by atoms with Gasteiger partial charge in [-0.2, -0.15) is 0 Å². The molecule has 2 saturated heterocycles. The van der Waals surface area contributed by atoms with Crippen LogP contribution >= 0.6 is 0 Å². The maximum absolute atomic E-state index is 3.66. The molecule has 2 heterocycles. The predicted octanol–water partition coefficient (Wildman–Crippen LogP) is 2.89. The second-order valence-electron chi connectivity index (χ2n) is 6.33. The van der Waals surface area contributed by atoms with Gasteiger partial charge in [0, 0.05) is 12.6 Å². The molecule has 0 aromatic carbocycles. The van der Waals surface area contributed by atoms with E-state index < -0.39 is 0 Å². The molecule has 2 unspecified atom stereocenters. The van der Waals surface area contributed by atoms with Gasteiger partial charge < -0.3 is 10.2 Å². The lowest BCUT2D eigenvalue weighted by Gasteiger charge is -2.42. The molecular formula is C15H30N2. The van der Waals surface area contributed by atoms with E-state index in [1.54, 1.807) is 0 Å². The Balaban J connectivity index is 1.79. The van der Waals surface area contributed by atoms with Gasteiger partial charge in [0.05, 0.1) is 0 Å². The predicted molar refractivity (Wildman–Crippen MR) is 74.3 cm³/mol. The summed E-state index contributed by atoms with van der Waals surface area (Å²) in [6.45, 7) is 12.3. The highest BCUT2D eigenvalue weighted by Crippen LogP contribution is 2.38. The van der Waals surface area contributed by atoms with Crippen LogP contribution in [0.15, 0.2) is 0 Å². The minimum absolute atomic E-state index is 0.672. The number of rotatable bonds is 4. The fraction of sp³-hybridized carbons (Fsp3) is 1.00. The number of likely N-dealkylation sites (tertiary alicyclic amines) is 1. The molecule has 2 nitrogen and oxygen atoms in total. The molecule has 2 heteroatoms. The van der Waals surface area contributed by atoms with Crippen molar-refractivity contribution < 1.29 is 0 Å². The summed E-state index contributed by atoms with van der Waals surface area (Å²) in [6.07, 6.45) is 6.94. The Kier molecular flexibility index (Phi) is 4.48. The average molecular weight is 238 g/mol. The van der Waals surface area contributed by atoms with E-state index in [1.165, 1.54) is 58.3 Å². The Bertz CT molecular complexity index is 225. The van der Waals surface area contributed by atoms with E-state index in [4.69, 9.17) is 0 Å². The van der Waals surface area contributed by atoms with Crippen molar-refractivity contribution in [1.82, 2.24) is 10.2 Å². The van der Waals surface area contributed by atoms with Crippen molar-refractivity contribution in [2.24, 2.45) is 11.3 Å². The van der Waals surface area contributed by atoms with E-state index in [-0.39, 0.29) is 0 Å². The van der Waals surface area contributed by atoms with Gasteiger partial charge >= 0.3 is 0 Å². The summed E-state index contributed by atoms with van der Waals surface area (Å²) in [4.78, 5) is 2.70. The van der Waals surface area contributed by atoms with Crippen molar-refractivity contribution >= 4 is 0 Å². The smallest absolute Gasteiger partial charge is 0.0221 e. The van der Waals surface area contributed by atoms with Crippen LogP contribution in [0, 0.1) is 11.3 Å². The van der Waals surface area contributed by atoms with Crippen LogP contribution in [-0.2, 0) is 0 Å². The third-order valence-electron chi connectivity index (χ3n) is 5.56. The van der Waals surface area contributed by atoms with E-state index >= 15 is 0 Å². The van der Waals surface area contributed by atoms with Gasteiger partial charge in [0.1, 0.15) is 0 Å². The van der Waals surface area contributed by atoms with Gasteiger partial charge in [0.2, 0.25) is 0 Å². The van der Waals surface area contributed by atoms with Crippen LogP contribution in [0.3, 0.4) is 0 Å². The minimum atomic E-state index is 0.672. The highest BCUT2D eigenvalue weighted by Gasteiger charge is 2.33. The van der Waals surface area contributed by atoms with Gasteiger partial charge in [-0.05, 0) is 50.2 Å². The fourth-order valence-corrected chi connectivity index (χ4v) is 3.59. The van der Waals surface area contributed by atoms with Gasteiger partial charge in [-0.25, -0.2) is 0 Å². The molecule has 0 radical (unpaired) electrons. The van der Waals surface area contributed by atoms with Crippen molar-refractivity contribution in [3.63, 3.8) is 0 Å². The van der Waals surface area contributed by atoms with E-state index in [9.17, 15) is 0 Å². The van der Waals surface area contributed by atoms with E-state index in [0.29, 0.717) is 5.41 Å². The molecule has 2 fully saturated rings. The van der Waals surface area contributed by atoms with Crippen molar-refractivity contribution in [2.45, 2.75) is 58.9 Å². The van der Waals surface area contributed by atoms with Crippen LogP contribution < -0.4 is 5.32 Å².